The van der Waals surface area contributed by atoms with Crippen LogP contribution >= 0.6 is 11.6 Å². The first-order valence-corrected chi connectivity index (χ1v) is 7.71. The highest BCUT2D eigenvalue weighted by molar-refractivity contribution is 6.30. The molecule has 6 heteroatoms. The summed E-state index contributed by atoms with van der Waals surface area (Å²) in [5.74, 6) is 1.71. The molecule has 0 saturated heterocycles. The summed E-state index contributed by atoms with van der Waals surface area (Å²) in [5.41, 5.74) is 2.31. The summed E-state index contributed by atoms with van der Waals surface area (Å²) in [5, 5.41) is 4.83. The Labute approximate surface area is 132 Å². The number of hydrogen-bond acceptors (Lipinski definition) is 4. The zero-order chi connectivity index (χ0) is 14.9. The lowest BCUT2D eigenvalue weighted by Gasteiger charge is -2.20. The average Bonchev–Trinajstić information content (AvgIpc) is 3.15. The van der Waals surface area contributed by atoms with Crippen molar-refractivity contribution >= 4 is 11.6 Å². The van der Waals surface area contributed by atoms with Gasteiger partial charge in [0.1, 0.15) is 0 Å². The molecule has 0 spiro atoms. The van der Waals surface area contributed by atoms with Crippen LogP contribution in [0, 0.1) is 0 Å². The van der Waals surface area contributed by atoms with Crippen LogP contribution in [0.2, 0.25) is 5.02 Å². The van der Waals surface area contributed by atoms with Crippen molar-refractivity contribution in [2.75, 3.05) is 0 Å². The normalized spacial score (nSPS) is 17.4. The number of halogens is 1. The molecule has 3 aromatic rings. The molecule has 4 rings (SSSR count). The summed E-state index contributed by atoms with van der Waals surface area (Å²) in [4.78, 5) is 8.75. The van der Waals surface area contributed by atoms with Crippen LogP contribution in [0.3, 0.4) is 0 Å². The van der Waals surface area contributed by atoms with Gasteiger partial charge in [0, 0.05) is 42.2 Å². The van der Waals surface area contributed by atoms with E-state index in [9.17, 15) is 0 Å². The molecule has 22 heavy (non-hydrogen) atoms. The number of imidazole rings is 1. The van der Waals surface area contributed by atoms with Crippen molar-refractivity contribution in [1.82, 2.24) is 19.7 Å². The predicted molar refractivity (Wildman–Crippen MR) is 81.8 cm³/mol. The molecule has 2 aromatic heterocycles. The number of benzene rings is 1. The molecule has 1 aliphatic heterocycles. The molecule has 1 atom stereocenters. The quantitative estimate of drug-likeness (QED) is 0.744. The van der Waals surface area contributed by atoms with Crippen LogP contribution in [0.1, 0.15) is 35.3 Å². The first-order valence-electron chi connectivity index (χ1n) is 7.34. The lowest BCUT2D eigenvalue weighted by molar-refractivity contribution is 0.323. The van der Waals surface area contributed by atoms with Crippen LogP contribution in [-0.4, -0.2) is 19.7 Å². The van der Waals surface area contributed by atoms with Crippen LogP contribution in [-0.2, 0) is 19.4 Å². The highest BCUT2D eigenvalue weighted by Crippen LogP contribution is 2.28. The zero-order valence-electron chi connectivity index (χ0n) is 11.9. The first kappa shape index (κ1) is 13.5. The number of aryl methyl sites for hydroxylation is 1. The number of aromatic nitrogens is 4. The largest absolute Gasteiger partial charge is 0.339 e. The second-order valence-electron chi connectivity index (χ2n) is 5.62. The molecule has 5 nitrogen and oxygen atoms in total. The van der Waals surface area contributed by atoms with Gasteiger partial charge in [0.2, 0.25) is 5.89 Å². The van der Waals surface area contributed by atoms with E-state index in [0.717, 1.165) is 35.9 Å². The van der Waals surface area contributed by atoms with Crippen molar-refractivity contribution < 1.29 is 4.52 Å². The molecule has 1 aliphatic rings. The topological polar surface area (TPSA) is 56.7 Å². The van der Waals surface area contributed by atoms with E-state index in [0.29, 0.717) is 12.2 Å². The Morgan fingerprint density at radius 1 is 1.36 bits per heavy atom. The molecule has 0 aliphatic carbocycles. The highest BCUT2D eigenvalue weighted by Gasteiger charge is 2.25. The molecule has 0 bridgehead atoms. The Hall–Kier alpha value is -2.14. The van der Waals surface area contributed by atoms with E-state index >= 15 is 0 Å². The van der Waals surface area contributed by atoms with Crippen molar-refractivity contribution in [1.29, 1.82) is 0 Å². The fourth-order valence-corrected chi connectivity index (χ4v) is 3.13. The molecule has 0 N–H and O–H groups in total. The molecule has 0 radical (unpaired) electrons. The number of hydrogen-bond donors (Lipinski definition) is 0. The summed E-state index contributed by atoms with van der Waals surface area (Å²) < 4.78 is 7.65. The van der Waals surface area contributed by atoms with E-state index in [1.807, 2.05) is 36.8 Å². The van der Waals surface area contributed by atoms with Crippen LogP contribution < -0.4 is 0 Å². The predicted octanol–water partition coefficient (Wildman–Crippen LogP) is 3.24. The second-order valence-corrected chi connectivity index (χ2v) is 6.06. The van der Waals surface area contributed by atoms with Crippen molar-refractivity contribution in [2.45, 2.75) is 31.7 Å². The van der Waals surface area contributed by atoms with Gasteiger partial charge in [-0.05, 0) is 24.1 Å². The monoisotopic (exact) mass is 314 g/mol. The highest BCUT2D eigenvalue weighted by atomic mass is 35.5. The number of nitrogens with zero attached hydrogens (tertiary/aromatic N) is 4. The van der Waals surface area contributed by atoms with Crippen molar-refractivity contribution in [3.05, 3.63) is 64.8 Å². The maximum atomic E-state index is 6.00. The molecular formula is C16H15ClN4O. The Bertz CT molecular complexity index is 795. The van der Waals surface area contributed by atoms with Gasteiger partial charge in [0.25, 0.3) is 0 Å². The summed E-state index contributed by atoms with van der Waals surface area (Å²) in [7, 11) is 0. The molecule has 0 saturated carbocycles. The lowest BCUT2D eigenvalue weighted by Crippen LogP contribution is -2.17. The van der Waals surface area contributed by atoms with Crippen LogP contribution in [0.25, 0.3) is 0 Å². The zero-order valence-corrected chi connectivity index (χ0v) is 12.7. The van der Waals surface area contributed by atoms with Gasteiger partial charge in [-0.2, -0.15) is 4.98 Å². The Kier molecular flexibility index (Phi) is 3.42. The van der Waals surface area contributed by atoms with Gasteiger partial charge in [0.05, 0.1) is 6.33 Å². The van der Waals surface area contributed by atoms with Gasteiger partial charge in [0.15, 0.2) is 5.82 Å². The fourth-order valence-electron chi connectivity index (χ4n) is 2.91. The minimum absolute atomic E-state index is 0.282. The third kappa shape index (κ3) is 2.64. The molecule has 0 amide bonds. The van der Waals surface area contributed by atoms with Gasteiger partial charge in [-0.25, -0.2) is 4.98 Å². The lowest BCUT2D eigenvalue weighted by atomic mass is 9.96. The summed E-state index contributed by atoms with van der Waals surface area (Å²) >= 11 is 6.00. The summed E-state index contributed by atoms with van der Waals surface area (Å²) in [6, 6.07) is 7.73. The molecule has 1 aromatic carbocycles. The SMILES string of the molecule is Clc1cccc(Cc2noc([C@@H]3CCn4cncc4C3)n2)c1. The maximum Gasteiger partial charge on any atom is 0.230 e. The minimum atomic E-state index is 0.282. The van der Waals surface area contributed by atoms with E-state index in [2.05, 4.69) is 19.7 Å². The second kappa shape index (κ2) is 5.57. The minimum Gasteiger partial charge on any atom is -0.339 e. The van der Waals surface area contributed by atoms with Gasteiger partial charge in [-0.1, -0.05) is 28.9 Å². The van der Waals surface area contributed by atoms with Crippen LogP contribution in [0.4, 0.5) is 0 Å². The van der Waals surface area contributed by atoms with Crippen LogP contribution in [0.5, 0.6) is 0 Å². The Balaban J connectivity index is 1.50. The number of rotatable bonds is 3. The van der Waals surface area contributed by atoms with Gasteiger partial charge >= 0.3 is 0 Å². The van der Waals surface area contributed by atoms with E-state index in [4.69, 9.17) is 16.1 Å². The number of fused-ring (bicyclic) bond motifs is 1. The van der Waals surface area contributed by atoms with Gasteiger partial charge in [-0.3, -0.25) is 0 Å². The summed E-state index contributed by atoms with van der Waals surface area (Å²) in [6.07, 6.45) is 6.33. The molecule has 0 fully saturated rings. The van der Waals surface area contributed by atoms with E-state index in [1.165, 1.54) is 5.69 Å². The third-order valence-electron chi connectivity index (χ3n) is 4.06. The van der Waals surface area contributed by atoms with Gasteiger partial charge < -0.3 is 9.09 Å². The fraction of sp³-hybridized carbons (Fsp3) is 0.312. The Morgan fingerprint density at radius 2 is 2.32 bits per heavy atom. The first-order chi connectivity index (χ1) is 10.8. The molecule has 0 unspecified atom stereocenters. The smallest absolute Gasteiger partial charge is 0.230 e. The Morgan fingerprint density at radius 3 is 3.23 bits per heavy atom. The molecule has 3 heterocycles. The van der Waals surface area contributed by atoms with Crippen LogP contribution in [0.15, 0.2) is 41.3 Å². The maximum absolute atomic E-state index is 6.00. The molecular weight excluding hydrogens is 300 g/mol. The van der Waals surface area contributed by atoms with E-state index in [1.54, 1.807) is 0 Å². The summed E-state index contributed by atoms with van der Waals surface area (Å²) in [6.45, 7) is 0.950. The standard InChI is InChI=1S/C16H15ClN4O/c17-13-3-1-2-11(6-13)7-15-19-16(22-20-15)12-4-5-21-10-18-9-14(21)8-12/h1-3,6,9-10,12H,4-5,7-8H2/t12-/m1/s1. The van der Waals surface area contributed by atoms with Crippen molar-refractivity contribution in [3.8, 4) is 0 Å². The van der Waals surface area contributed by atoms with E-state index < -0.39 is 0 Å². The third-order valence-corrected chi connectivity index (χ3v) is 4.29. The average molecular weight is 315 g/mol. The van der Waals surface area contributed by atoms with Gasteiger partial charge in [-0.15, -0.1) is 0 Å². The molecule has 112 valence electrons. The van der Waals surface area contributed by atoms with E-state index in [-0.39, 0.29) is 5.92 Å². The van der Waals surface area contributed by atoms with Crippen molar-refractivity contribution in [3.63, 3.8) is 0 Å². The van der Waals surface area contributed by atoms with Crippen molar-refractivity contribution in [2.24, 2.45) is 0 Å².